The maximum absolute atomic E-state index is 12.8. The molecule has 2 rings (SSSR count). The lowest BCUT2D eigenvalue weighted by Gasteiger charge is -2.18. The van der Waals surface area contributed by atoms with E-state index in [1.807, 2.05) is 6.92 Å². The fourth-order valence-electron chi connectivity index (χ4n) is 1.87. The second kappa shape index (κ2) is 6.32. The van der Waals surface area contributed by atoms with Gasteiger partial charge < -0.3 is 5.32 Å². The first-order chi connectivity index (χ1) is 9.52. The van der Waals surface area contributed by atoms with Crippen molar-refractivity contribution in [2.75, 3.05) is 6.54 Å². The number of rotatable bonds is 5. The van der Waals surface area contributed by atoms with Crippen LogP contribution in [0.15, 0.2) is 29.6 Å². The molecular weight excluding hydrogens is 287 g/mol. The van der Waals surface area contributed by atoms with Crippen LogP contribution < -0.4 is 5.32 Å². The van der Waals surface area contributed by atoms with Crippen LogP contribution in [0, 0.1) is 0 Å². The zero-order chi connectivity index (χ0) is 14.6. The molecule has 1 unspecified atom stereocenters. The van der Waals surface area contributed by atoms with Crippen molar-refractivity contribution in [3.8, 4) is 0 Å². The molecule has 0 bridgehead atoms. The highest BCUT2D eigenvalue weighted by atomic mass is 32.1. The summed E-state index contributed by atoms with van der Waals surface area (Å²) in [4.78, 5) is 0. The van der Waals surface area contributed by atoms with Gasteiger partial charge in [0.2, 0.25) is 0 Å². The smallest absolute Gasteiger partial charge is 0.305 e. The lowest BCUT2D eigenvalue weighted by atomic mass is 10.0. The Morgan fingerprint density at radius 1 is 1.35 bits per heavy atom. The van der Waals surface area contributed by atoms with E-state index in [0.717, 1.165) is 18.6 Å². The van der Waals surface area contributed by atoms with Gasteiger partial charge in [0.05, 0.1) is 17.3 Å². The van der Waals surface area contributed by atoms with Crippen molar-refractivity contribution >= 4 is 11.5 Å². The zero-order valence-electron chi connectivity index (χ0n) is 10.8. The summed E-state index contributed by atoms with van der Waals surface area (Å²) in [5, 5.41) is 8.91. The minimum atomic E-state index is -4.34. The molecule has 0 aliphatic carbocycles. The number of halogens is 3. The molecule has 0 spiro atoms. The highest BCUT2D eigenvalue weighted by Gasteiger charge is 2.31. The number of hydrogen-bond acceptors (Lipinski definition) is 4. The Balaban J connectivity index is 2.34. The van der Waals surface area contributed by atoms with Gasteiger partial charge >= 0.3 is 6.18 Å². The third-order valence-corrected chi connectivity index (χ3v) is 3.34. The molecule has 0 saturated carbocycles. The normalized spacial score (nSPS) is 13.4. The minimum Gasteiger partial charge on any atom is -0.305 e. The number of benzene rings is 1. The first-order valence-corrected chi connectivity index (χ1v) is 7.03. The summed E-state index contributed by atoms with van der Waals surface area (Å²) >= 11 is 1.18. The zero-order valence-corrected chi connectivity index (χ0v) is 11.6. The van der Waals surface area contributed by atoms with Gasteiger partial charge in [-0.15, -0.1) is 5.10 Å². The van der Waals surface area contributed by atoms with Crippen LogP contribution >= 0.6 is 11.5 Å². The fourth-order valence-corrected chi connectivity index (χ4v) is 2.35. The maximum Gasteiger partial charge on any atom is 0.416 e. The van der Waals surface area contributed by atoms with Crippen molar-refractivity contribution in [1.29, 1.82) is 0 Å². The maximum atomic E-state index is 12.8. The van der Waals surface area contributed by atoms with Crippen molar-refractivity contribution in [2.24, 2.45) is 0 Å². The molecule has 0 fully saturated rings. The third kappa shape index (κ3) is 3.55. The van der Waals surface area contributed by atoms with Gasteiger partial charge in [0.15, 0.2) is 0 Å². The molecule has 2 aromatic rings. The topological polar surface area (TPSA) is 37.8 Å². The second-order valence-corrected chi connectivity index (χ2v) is 4.95. The number of nitrogens with zero attached hydrogens (tertiary/aromatic N) is 2. The molecule has 1 N–H and O–H groups in total. The van der Waals surface area contributed by atoms with Crippen molar-refractivity contribution < 1.29 is 13.2 Å². The van der Waals surface area contributed by atoms with Crippen LogP contribution in [0.1, 0.15) is 36.2 Å². The lowest BCUT2D eigenvalue weighted by Crippen LogP contribution is -2.24. The van der Waals surface area contributed by atoms with Crippen LogP contribution in [0.2, 0.25) is 0 Å². The number of alkyl halides is 3. The van der Waals surface area contributed by atoms with Gasteiger partial charge in [-0.25, -0.2) is 0 Å². The summed E-state index contributed by atoms with van der Waals surface area (Å²) in [6.07, 6.45) is -3.46. The average molecular weight is 301 g/mol. The van der Waals surface area contributed by atoms with Crippen molar-refractivity contribution in [1.82, 2.24) is 14.9 Å². The Labute approximate surface area is 119 Å². The number of hydrogen-bond donors (Lipinski definition) is 1. The molecule has 1 aromatic heterocycles. The van der Waals surface area contributed by atoms with Crippen molar-refractivity contribution in [3.05, 3.63) is 46.5 Å². The molecular formula is C13H14F3N3S. The standard InChI is InChI=1S/C13H14F3N3S/c1-2-6-17-12(11-8-20-19-18-11)9-4-3-5-10(7-9)13(14,15)16/h3-5,7-8,12,17H,2,6H2,1H3. The molecule has 3 nitrogen and oxygen atoms in total. The summed E-state index contributed by atoms with van der Waals surface area (Å²) in [7, 11) is 0. The van der Waals surface area contributed by atoms with Gasteiger partial charge in [0.1, 0.15) is 0 Å². The largest absolute Gasteiger partial charge is 0.416 e. The average Bonchev–Trinajstić information content (AvgIpc) is 2.92. The van der Waals surface area contributed by atoms with Crippen LogP contribution in [0.4, 0.5) is 13.2 Å². The van der Waals surface area contributed by atoms with Crippen molar-refractivity contribution in [2.45, 2.75) is 25.6 Å². The molecule has 108 valence electrons. The number of nitrogens with one attached hydrogen (secondary N) is 1. The first kappa shape index (κ1) is 14.9. The molecule has 7 heteroatoms. The molecule has 0 aliphatic rings. The predicted molar refractivity (Wildman–Crippen MR) is 71.5 cm³/mol. The Bertz CT molecular complexity index is 540. The van der Waals surface area contributed by atoms with E-state index in [1.54, 1.807) is 11.4 Å². The lowest BCUT2D eigenvalue weighted by molar-refractivity contribution is -0.137. The van der Waals surface area contributed by atoms with Gasteiger partial charge in [0.25, 0.3) is 0 Å². The van der Waals surface area contributed by atoms with Gasteiger partial charge in [-0.3, -0.25) is 0 Å². The monoisotopic (exact) mass is 301 g/mol. The van der Waals surface area contributed by atoms with E-state index in [4.69, 9.17) is 0 Å². The van der Waals surface area contributed by atoms with E-state index < -0.39 is 11.7 Å². The van der Waals surface area contributed by atoms with Crippen LogP contribution in [-0.2, 0) is 6.18 Å². The highest BCUT2D eigenvalue weighted by Crippen LogP contribution is 2.31. The summed E-state index contributed by atoms with van der Waals surface area (Å²) in [6.45, 7) is 2.69. The molecule has 1 aromatic carbocycles. The van der Waals surface area contributed by atoms with Gasteiger partial charge in [0, 0.05) is 5.38 Å². The van der Waals surface area contributed by atoms with Crippen LogP contribution in [-0.4, -0.2) is 16.1 Å². The third-order valence-electron chi connectivity index (χ3n) is 2.82. The molecule has 0 saturated heterocycles. The van der Waals surface area contributed by atoms with E-state index in [2.05, 4.69) is 14.9 Å². The van der Waals surface area contributed by atoms with E-state index in [9.17, 15) is 13.2 Å². The predicted octanol–water partition coefficient (Wildman–Crippen LogP) is 3.65. The number of aromatic nitrogens is 2. The molecule has 1 atom stereocenters. The van der Waals surface area contributed by atoms with E-state index >= 15 is 0 Å². The van der Waals surface area contributed by atoms with Gasteiger partial charge in [-0.2, -0.15) is 13.2 Å². The van der Waals surface area contributed by atoms with Gasteiger partial charge in [-0.1, -0.05) is 23.5 Å². The summed E-state index contributed by atoms with van der Waals surface area (Å²) in [5.41, 5.74) is 0.533. The molecule has 1 heterocycles. The summed E-state index contributed by atoms with van der Waals surface area (Å²) in [6, 6.07) is 4.95. The summed E-state index contributed by atoms with van der Waals surface area (Å²) in [5.74, 6) is 0. The second-order valence-electron chi connectivity index (χ2n) is 4.34. The Morgan fingerprint density at radius 3 is 2.75 bits per heavy atom. The highest BCUT2D eigenvalue weighted by molar-refractivity contribution is 7.03. The molecule has 0 aliphatic heterocycles. The van der Waals surface area contributed by atoms with Crippen LogP contribution in [0.5, 0.6) is 0 Å². The van der Waals surface area contributed by atoms with E-state index in [-0.39, 0.29) is 6.04 Å². The quantitative estimate of drug-likeness (QED) is 0.916. The minimum absolute atomic E-state index is 0.365. The van der Waals surface area contributed by atoms with Crippen LogP contribution in [0.25, 0.3) is 0 Å². The Morgan fingerprint density at radius 2 is 2.15 bits per heavy atom. The molecule has 0 amide bonds. The van der Waals surface area contributed by atoms with Crippen LogP contribution in [0.3, 0.4) is 0 Å². The van der Waals surface area contributed by atoms with Gasteiger partial charge in [-0.05, 0) is 42.2 Å². The SMILES string of the molecule is CCCNC(c1cccc(C(F)(F)F)c1)c1csnn1. The first-order valence-electron chi connectivity index (χ1n) is 6.20. The van der Waals surface area contributed by atoms with E-state index in [1.165, 1.54) is 17.6 Å². The molecule has 0 radical (unpaired) electrons. The van der Waals surface area contributed by atoms with E-state index in [0.29, 0.717) is 17.8 Å². The fraction of sp³-hybridized carbons (Fsp3) is 0.385. The Hall–Kier alpha value is -1.47. The Kier molecular flexibility index (Phi) is 4.72. The molecule has 20 heavy (non-hydrogen) atoms. The van der Waals surface area contributed by atoms with Crippen molar-refractivity contribution in [3.63, 3.8) is 0 Å². The summed E-state index contributed by atoms with van der Waals surface area (Å²) < 4.78 is 42.1.